The van der Waals surface area contributed by atoms with Gasteiger partial charge in [0.05, 0.1) is 5.56 Å². The van der Waals surface area contributed by atoms with Crippen molar-refractivity contribution >= 4 is 29.1 Å². The predicted octanol–water partition coefficient (Wildman–Crippen LogP) is 4.45. The Morgan fingerprint density at radius 2 is 1.74 bits per heavy atom. The summed E-state index contributed by atoms with van der Waals surface area (Å²) in [5.41, 5.74) is 0.780. The van der Waals surface area contributed by atoms with E-state index in [1.54, 1.807) is 18.2 Å². The Labute approximate surface area is 159 Å². The van der Waals surface area contributed by atoms with Crippen molar-refractivity contribution in [1.29, 1.82) is 0 Å². The van der Waals surface area contributed by atoms with E-state index in [0.29, 0.717) is 10.7 Å². The van der Waals surface area contributed by atoms with E-state index in [1.165, 1.54) is 11.8 Å². The number of amides is 2. The van der Waals surface area contributed by atoms with Crippen LogP contribution in [0.4, 0.5) is 18.9 Å². The van der Waals surface area contributed by atoms with Gasteiger partial charge in [-0.2, -0.15) is 13.2 Å². The lowest BCUT2D eigenvalue weighted by Crippen LogP contribution is -2.38. The molecule has 0 atom stereocenters. The van der Waals surface area contributed by atoms with E-state index < -0.39 is 17.6 Å². The number of halogens is 4. The maximum Gasteiger partial charge on any atom is 0.416 e. The fraction of sp³-hybridized carbons (Fsp3) is 0.263. The third-order valence-electron chi connectivity index (χ3n) is 3.93. The molecular formula is C19H18ClF3N2O2. The summed E-state index contributed by atoms with van der Waals surface area (Å²) in [5, 5.41) is 3.15. The van der Waals surface area contributed by atoms with Gasteiger partial charge in [-0.15, -0.1) is 0 Å². The van der Waals surface area contributed by atoms with Crippen LogP contribution in [0, 0.1) is 6.92 Å². The normalized spacial score (nSPS) is 11.2. The third-order valence-corrected chi connectivity index (χ3v) is 4.16. The van der Waals surface area contributed by atoms with Crippen molar-refractivity contribution in [3.8, 4) is 0 Å². The van der Waals surface area contributed by atoms with Gasteiger partial charge in [-0.05, 0) is 55.0 Å². The molecule has 1 N–H and O–H groups in total. The summed E-state index contributed by atoms with van der Waals surface area (Å²) in [6.07, 6.45) is -4.45. The second kappa shape index (κ2) is 8.43. The summed E-state index contributed by atoms with van der Waals surface area (Å²) in [5.74, 6) is -0.718. The molecule has 8 heteroatoms. The first kappa shape index (κ1) is 20.8. The first-order valence-electron chi connectivity index (χ1n) is 8.09. The third kappa shape index (κ3) is 5.47. The van der Waals surface area contributed by atoms with E-state index in [9.17, 15) is 22.8 Å². The summed E-state index contributed by atoms with van der Waals surface area (Å²) < 4.78 is 37.7. The Kier molecular flexibility index (Phi) is 6.49. The number of benzene rings is 2. The molecule has 0 fully saturated rings. The quantitative estimate of drug-likeness (QED) is 0.809. The van der Waals surface area contributed by atoms with Crippen LogP contribution in [-0.4, -0.2) is 24.9 Å². The highest BCUT2D eigenvalue weighted by molar-refractivity contribution is 6.30. The van der Waals surface area contributed by atoms with Crippen LogP contribution in [-0.2, 0) is 11.0 Å². The van der Waals surface area contributed by atoms with Gasteiger partial charge in [0, 0.05) is 36.3 Å². The first-order chi connectivity index (χ1) is 12.6. The first-order valence-corrected chi connectivity index (χ1v) is 8.47. The van der Waals surface area contributed by atoms with Crippen molar-refractivity contribution in [2.24, 2.45) is 0 Å². The van der Waals surface area contributed by atoms with Gasteiger partial charge < -0.3 is 10.2 Å². The van der Waals surface area contributed by atoms with Crippen LogP contribution in [0.2, 0.25) is 5.02 Å². The van der Waals surface area contributed by atoms with E-state index in [-0.39, 0.29) is 24.6 Å². The Balaban J connectivity index is 2.00. The van der Waals surface area contributed by atoms with E-state index in [1.807, 2.05) is 6.92 Å². The summed E-state index contributed by atoms with van der Waals surface area (Å²) in [7, 11) is 0. The molecule has 0 radical (unpaired) electrons. The van der Waals surface area contributed by atoms with Crippen LogP contribution >= 0.6 is 11.6 Å². The lowest BCUT2D eigenvalue weighted by molar-refractivity contribution is -0.137. The number of rotatable bonds is 5. The Morgan fingerprint density at radius 1 is 1.11 bits per heavy atom. The molecule has 0 aliphatic carbocycles. The number of carbonyl (C=O) groups excluding carboxylic acids is 2. The van der Waals surface area contributed by atoms with Crippen molar-refractivity contribution < 1.29 is 22.8 Å². The Morgan fingerprint density at radius 3 is 2.26 bits per heavy atom. The number of nitrogens with one attached hydrogen (secondary N) is 1. The number of hydrogen-bond donors (Lipinski definition) is 1. The van der Waals surface area contributed by atoms with Gasteiger partial charge in [0.25, 0.3) is 5.91 Å². The van der Waals surface area contributed by atoms with Crippen LogP contribution in [0.15, 0.2) is 42.5 Å². The second-order valence-corrected chi connectivity index (χ2v) is 6.37. The number of aryl methyl sites for hydroxylation is 1. The average molecular weight is 399 g/mol. The lowest BCUT2D eigenvalue weighted by atomic mass is 10.1. The molecule has 0 heterocycles. The zero-order chi connectivity index (χ0) is 20.2. The molecule has 0 aromatic heterocycles. The molecule has 0 saturated carbocycles. The zero-order valence-electron chi connectivity index (χ0n) is 14.7. The zero-order valence-corrected chi connectivity index (χ0v) is 15.5. The molecule has 0 aliphatic rings. The smallest absolute Gasteiger partial charge is 0.350 e. The maximum absolute atomic E-state index is 12.6. The molecule has 4 nitrogen and oxygen atoms in total. The minimum atomic E-state index is -4.45. The average Bonchev–Trinajstić information content (AvgIpc) is 2.58. The number of hydrogen-bond acceptors (Lipinski definition) is 2. The fourth-order valence-electron chi connectivity index (χ4n) is 2.56. The van der Waals surface area contributed by atoms with Crippen LogP contribution in [0.3, 0.4) is 0 Å². The summed E-state index contributed by atoms with van der Waals surface area (Å²) >= 11 is 5.92. The number of nitrogens with zero attached hydrogens (tertiary/aromatic N) is 1. The molecule has 0 aliphatic heterocycles. The number of carbonyl (C=O) groups is 2. The van der Waals surface area contributed by atoms with Gasteiger partial charge in [-0.1, -0.05) is 11.6 Å². The van der Waals surface area contributed by atoms with E-state index in [0.717, 1.165) is 29.8 Å². The predicted molar refractivity (Wildman–Crippen MR) is 98.0 cm³/mol. The van der Waals surface area contributed by atoms with Crippen LogP contribution < -0.4 is 10.2 Å². The number of alkyl halides is 3. The highest BCUT2D eigenvalue weighted by Crippen LogP contribution is 2.29. The molecule has 0 spiro atoms. The SMILES string of the molecule is CC(=O)N(CCNC(=O)c1ccc(C(F)(F)F)cc1)c1ccc(Cl)cc1C. The topological polar surface area (TPSA) is 49.4 Å². The molecule has 0 bridgehead atoms. The minimum Gasteiger partial charge on any atom is -0.350 e. The largest absolute Gasteiger partial charge is 0.416 e. The van der Waals surface area contributed by atoms with E-state index in [4.69, 9.17) is 11.6 Å². The Hall–Kier alpha value is -2.54. The maximum atomic E-state index is 12.6. The van der Waals surface area contributed by atoms with Crippen molar-refractivity contribution in [2.45, 2.75) is 20.0 Å². The van der Waals surface area contributed by atoms with Crippen molar-refractivity contribution in [3.63, 3.8) is 0 Å². The molecule has 2 aromatic carbocycles. The van der Waals surface area contributed by atoms with Gasteiger partial charge in [-0.3, -0.25) is 9.59 Å². The fourth-order valence-corrected chi connectivity index (χ4v) is 2.79. The molecule has 2 amide bonds. The Bertz CT molecular complexity index is 836. The van der Waals surface area contributed by atoms with Crippen molar-refractivity contribution in [2.75, 3.05) is 18.0 Å². The van der Waals surface area contributed by atoms with Crippen LogP contribution in [0.25, 0.3) is 0 Å². The van der Waals surface area contributed by atoms with Gasteiger partial charge in [0.1, 0.15) is 0 Å². The molecule has 2 aromatic rings. The highest BCUT2D eigenvalue weighted by Gasteiger charge is 2.30. The monoisotopic (exact) mass is 398 g/mol. The second-order valence-electron chi connectivity index (χ2n) is 5.93. The van der Waals surface area contributed by atoms with E-state index >= 15 is 0 Å². The minimum absolute atomic E-state index is 0.111. The van der Waals surface area contributed by atoms with Crippen LogP contribution in [0.1, 0.15) is 28.4 Å². The van der Waals surface area contributed by atoms with Crippen molar-refractivity contribution in [3.05, 3.63) is 64.2 Å². The standard InChI is InChI=1S/C19H18ClF3N2O2/c1-12-11-16(20)7-8-17(12)25(13(2)26)10-9-24-18(27)14-3-5-15(6-4-14)19(21,22)23/h3-8,11H,9-10H2,1-2H3,(H,24,27). The molecule has 144 valence electrons. The summed E-state index contributed by atoms with van der Waals surface area (Å²) in [4.78, 5) is 25.5. The number of anilines is 1. The van der Waals surface area contributed by atoms with Gasteiger partial charge in [-0.25, -0.2) is 0 Å². The molecular weight excluding hydrogens is 381 g/mol. The highest BCUT2D eigenvalue weighted by atomic mass is 35.5. The molecule has 0 saturated heterocycles. The van der Waals surface area contributed by atoms with Gasteiger partial charge >= 0.3 is 6.18 Å². The van der Waals surface area contributed by atoms with Gasteiger partial charge in [0.2, 0.25) is 5.91 Å². The molecule has 0 unspecified atom stereocenters. The van der Waals surface area contributed by atoms with Gasteiger partial charge in [0.15, 0.2) is 0 Å². The summed E-state index contributed by atoms with van der Waals surface area (Å²) in [6, 6.07) is 9.06. The van der Waals surface area contributed by atoms with Crippen molar-refractivity contribution in [1.82, 2.24) is 5.32 Å². The summed E-state index contributed by atoms with van der Waals surface area (Å²) in [6.45, 7) is 3.58. The molecule has 27 heavy (non-hydrogen) atoms. The lowest BCUT2D eigenvalue weighted by Gasteiger charge is -2.23. The van der Waals surface area contributed by atoms with Crippen LogP contribution in [0.5, 0.6) is 0 Å². The molecule has 2 rings (SSSR count). The van der Waals surface area contributed by atoms with E-state index in [2.05, 4.69) is 5.32 Å².